The highest BCUT2D eigenvalue weighted by Gasteiger charge is 2.06. The number of hydrogen-bond acceptors (Lipinski definition) is 4. The van der Waals surface area contributed by atoms with Gasteiger partial charge in [0.2, 0.25) is 0 Å². The summed E-state index contributed by atoms with van der Waals surface area (Å²) in [6.07, 6.45) is 3.14. The average molecular weight is 295 g/mol. The van der Waals surface area contributed by atoms with Gasteiger partial charge in [-0.05, 0) is 50.4 Å². The Bertz CT molecular complexity index is 382. The summed E-state index contributed by atoms with van der Waals surface area (Å²) in [6.45, 7) is 8.17. The number of rotatable bonds is 12. The van der Waals surface area contributed by atoms with Crippen LogP contribution in [-0.4, -0.2) is 33.5 Å². The van der Waals surface area contributed by atoms with Crippen LogP contribution in [0.15, 0.2) is 18.2 Å². The van der Waals surface area contributed by atoms with E-state index in [0.717, 1.165) is 50.5 Å². The van der Waals surface area contributed by atoms with E-state index in [1.54, 1.807) is 7.11 Å². The van der Waals surface area contributed by atoms with Gasteiger partial charge in [0, 0.05) is 20.3 Å². The molecular weight excluding hydrogens is 266 g/mol. The van der Waals surface area contributed by atoms with E-state index in [1.165, 1.54) is 5.56 Å². The van der Waals surface area contributed by atoms with Gasteiger partial charge in [0.05, 0.1) is 13.2 Å². The fourth-order valence-corrected chi connectivity index (χ4v) is 1.99. The molecule has 0 aliphatic heterocycles. The van der Waals surface area contributed by atoms with E-state index in [2.05, 4.69) is 24.4 Å². The zero-order valence-electron chi connectivity index (χ0n) is 13.6. The van der Waals surface area contributed by atoms with Gasteiger partial charge in [-0.25, -0.2) is 0 Å². The van der Waals surface area contributed by atoms with Gasteiger partial charge in [0.1, 0.15) is 0 Å². The van der Waals surface area contributed by atoms with Crippen molar-refractivity contribution in [3.8, 4) is 11.5 Å². The van der Waals surface area contributed by atoms with E-state index >= 15 is 0 Å². The van der Waals surface area contributed by atoms with E-state index < -0.39 is 0 Å². The van der Waals surface area contributed by atoms with Crippen molar-refractivity contribution in [1.29, 1.82) is 0 Å². The monoisotopic (exact) mass is 295 g/mol. The number of nitrogens with one attached hydrogen (secondary N) is 1. The molecule has 120 valence electrons. The maximum Gasteiger partial charge on any atom is 0.161 e. The molecule has 0 unspecified atom stereocenters. The number of benzene rings is 1. The molecule has 0 amide bonds. The lowest BCUT2D eigenvalue weighted by Gasteiger charge is -2.13. The van der Waals surface area contributed by atoms with Crippen molar-refractivity contribution in [3.63, 3.8) is 0 Å². The molecule has 0 aliphatic carbocycles. The van der Waals surface area contributed by atoms with Crippen molar-refractivity contribution in [2.24, 2.45) is 0 Å². The van der Waals surface area contributed by atoms with E-state index in [-0.39, 0.29) is 0 Å². The van der Waals surface area contributed by atoms with Crippen LogP contribution >= 0.6 is 0 Å². The second-order valence-corrected chi connectivity index (χ2v) is 4.94. The fraction of sp³-hybridized carbons (Fsp3) is 0.647. The molecule has 21 heavy (non-hydrogen) atoms. The third-order valence-electron chi connectivity index (χ3n) is 3.06. The number of methoxy groups -OCH3 is 1. The van der Waals surface area contributed by atoms with Crippen LogP contribution in [0.5, 0.6) is 11.5 Å². The van der Waals surface area contributed by atoms with Crippen molar-refractivity contribution < 1.29 is 14.2 Å². The number of hydrogen-bond donors (Lipinski definition) is 1. The van der Waals surface area contributed by atoms with Crippen LogP contribution < -0.4 is 14.8 Å². The smallest absolute Gasteiger partial charge is 0.161 e. The van der Waals surface area contributed by atoms with Gasteiger partial charge < -0.3 is 19.5 Å². The lowest BCUT2D eigenvalue weighted by molar-refractivity contribution is 0.183. The molecule has 0 bridgehead atoms. The van der Waals surface area contributed by atoms with Gasteiger partial charge in [-0.2, -0.15) is 0 Å². The summed E-state index contributed by atoms with van der Waals surface area (Å²) in [5.74, 6) is 1.66. The number of unbranched alkanes of at least 4 members (excludes halogenated alkanes) is 1. The summed E-state index contributed by atoms with van der Waals surface area (Å²) in [5, 5.41) is 3.40. The molecule has 4 nitrogen and oxygen atoms in total. The maximum atomic E-state index is 5.82. The van der Waals surface area contributed by atoms with E-state index in [4.69, 9.17) is 14.2 Å². The summed E-state index contributed by atoms with van der Waals surface area (Å²) in [7, 11) is 1.72. The Hall–Kier alpha value is -1.26. The molecule has 1 N–H and O–H groups in total. The molecule has 0 spiro atoms. The molecule has 1 aromatic rings. The van der Waals surface area contributed by atoms with E-state index in [9.17, 15) is 0 Å². The summed E-state index contributed by atoms with van der Waals surface area (Å²) in [4.78, 5) is 0. The fourth-order valence-electron chi connectivity index (χ4n) is 1.99. The molecule has 4 heteroatoms. The van der Waals surface area contributed by atoms with E-state index in [0.29, 0.717) is 13.2 Å². The largest absolute Gasteiger partial charge is 0.490 e. The molecule has 0 aromatic heterocycles. The Kier molecular flexibility index (Phi) is 9.66. The molecule has 0 saturated carbocycles. The van der Waals surface area contributed by atoms with E-state index in [1.807, 2.05) is 13.0 Å². The predicted octanol–water partition coefficient (Wildman–Crippen LogP) is 3.39. The zero-order valence-corrected chi connectivity index (χ0v) is 13.6. The Labute approximate surface area is 128 Å². The Morgan fingerprint density at radius 3 is 2.52 bits per heavy atom. The number of ether oxygens (including phenoxy) is 3. The van der Waals surface area contributed by atoms with Gasteiger partial charge >= 0.3 is 0 Å². The highest BCUT2D eigenvalue weighted by Crippen LogP contribution is 2.28. The minimum absolute atomic E-state index is 0.645. The standard InChI is InChI=1S/C17H29NO3/c1-4-10-18-14-15-8-9-16(17(13-15)20-5-2)21-12-7-6-11-19-3/h8-9,13,18H,4-7,10-12,14H2,1-3H3. The first-order valence-corrected chi connectivity index (χ1v) is 7.90. The van der Waals surface area contributed by atoms with Crippen molar-refractivity contribution >= 4 is 0 Å². The lowest BCUT2D eigenvalue weighted by atomic mass is 10.2. The lowest BCUT2D eigenvalue weighted by Crippen LogP contribution is -2.14. The zero-order chi connectivity index (χ0) is 15.3. The summed E-state index contributed by atoms with van der Waals surface area (Å²) in [5.41, 5.74) is 1.22. The van der Waals surface area contributed by atoms with Gasteiger partial charge in [-0.15, -0.1) is 0 Å². The molecule has 1 aromatic carbocycles. The van der Waals surface area contributed by atoms with Crippen molar-refractivity contribution in [1.82, 2.24) is 5.32 Å². The van der Waals surface area contributed by atoms with Gasteiger partial charge in [0.15, 0.2) is 11.5 Å². The Morgan fingerprint density at radius 1 is 1.00 bits per heavy atom. The second kappa shape index (κ2) is 11.4. The topological polar surface area (TPSA) is 39.7 Å². The highest BCUT2D eigenvalue weighted by atomic mass is 16.5. The van der Waals surface area contributed by atoms with Crippen molar-refractivity contribution in [2.45, 2.75) is 39.7 Å². The summed E-state index contributed by atoms with van der Waals surface area (Å²) in [6, 6.07) is 6.16. The predicted molar refractivity (Wildman–Crippen MR) is 86.2 cm³/mol. The summed E-state index contributed by atoms with van der Waals surface area (Å²) >= 11 is 0. The molecule has 0 saturated heterocycles. The maximum absolute atomic E-state index is 5.82. The third-order valence-corrected chi connectivity index (χ3v) is 3.06. The molecule has 0 aliphatic rings. The van der Waals surface area contributed by atoms with Crippen LogP contribution in [0.2, 0.25) is 0 Å². The van der Waals surface area contributed by atoms with Crippen LogP contribution in [0.1, 0.15) is 38.7 Å². The first kappa shape index (κ1) is 17.8. The summed E-state index contributed by atoms with van der Waals surface area (Å²) < 4.78 is 16.5. The minimum Gasteiger partial charge on any atom is -0.490 e. The van der Waals surface area contributed by atoms with Crippen LogP contribution in [0, 0.1) is 0 Å². The van der Waals surface area contributed by atoms with Gasteiger partial charge in [-0.1, -0.05) is 13.0 Å². The van der Waals surface area contributed by atoms with Crippen molar-refractivity contribution in [2.75, 3.05) is 33.5 Å². The third kappa shape index (κ3) is 7.34. The van der Waals surface area contributed by atoms with Crippen LogP contribution in [0.4, 0.5) is 0 Å². The van der Waals surface area contributed by atoms with Crippen LogP contribution in [0.3, 0.4) is 0 Å². The normalized spacial score (nSPS) is 10.6. The SMILES string of the molecule is CCCNCc1ccc(OCCCCOC)c(OCC)c1. The molecule has 0 radical (unpaired) electrons. The van der Waals surface area contributed by atoms with Crippen molar-refractivity contribution in [3.05, 3.63) is 23.8 Å². The quantitative estimate of drug-likeness (QED) is 0.600. The Morgan fingerprint density at radius 2 is 1.81 bits per heavy atom. The molecule has 1 rings (SSSR count). The van der Waals surface area contributed by atoms with Crippen LogP contribution in [-0.2, 0) is 11.3 Å². The van der Waals surface area contributed by atoms with Crippen LogP contribution in [0.25, 0.3) is 0 Å². The average Bonchev–Trinajstić information content (AvgIpc) is 2.49. The van der Waals surface area contributed by atoms with Gasteiger partial charge in [0.25, 0.3) is 0 Å². The molecular formula is C17H29NO3. The first-order valence-electron chi connectivity index (χ1n) is 7.90. The van der Waals surface area contributed by atoms with Gasteiger partial charge in [-0.3, -0.25) is 0 Å². The minimum atomic E-state index is 0.645. The Balaban J connectivity index is 2.52. The molecule has 0 atom stereocenters. The highest BCUT2D eigenvalue weighted by molar-refractivity contribution is 5.43. The molecule has 0 heterocycles. The second-order valence-electron chi connectivity index (χ2n) is 4.94. The first-order chi connectivity index (χ1) is 10.3. The molecule has 0 fully saturated rings.